The molecule has 4 saturated carbocycles. The van der Waals surface area contributed by atoms with Crippen molar-refractivity contribution in [3.63, 3.8) is 0 Å². The fraction of sp³-hybridized carbons (Fsp3) is 0.529. The van der Waals surface area contributed by atoms with E-state index in [-0.39, 0.29) is 23.7 Å². The summed E-state index contributed by atoms with van der Waals surface area (Å²) in [7, 11) is 0. The highest BCUT2D eigenvalue weighted by Gasteiger charge is 2.68. The number of carbonyl (C=O) groups excluding carboxylic acids is 2. The summed E-state index contributed by atoms with van der Waals surface area (Å²) >= 11 is 2.23. The minimum Gasteiger partial charge on any atom is -0.274 e. The molecule has 6 rings (SSSR count). The number of benzene rings is 1. The zero-order valence-electron chi connectivity index (χ0n) is 11.5. The number of rotatable bonds is 1. The molecule has 1 aromatic carbocycles. The molecule has 4 aliphatic carbocycles. The van der Waals surface area contributed by atoms with Crippen LogP contribution in [0, 0.1) is 39.1 Å². The lowest BCUT2D eigenvalue weighted by molar-refractivity contribution is -0.129. The first kappa shape index (κ1) is 12.6. The summed E-state index contributed by atoms with van der Waals surface area (Å²) in [6.07, 6.45) is 3.59. The molecule has 5 aliphatic rings. The molecule has 1 saturated heterocycles. The highest BCUT2D eigenvalue weighted by molar-refractivity contribution is 14.1. The molecule has 0 N–H and O–H groups in total. The van der Waals surface area contributed by atoms with Crippen molar-refractivity contribution in [2.45, 2.75) is 19.3 Å². The molecule has 5 fully saturated rings. The van der Waals surface area contributed by atoms with Crippen LogP contribution in [0.5, 0.6) is 0 Å². The van der Waals surface area contributed by atoms with Crippen LogP contribution in [-0.4, -0.2) is 11.8 Å². The third kappa shape index (κ3) is 1.54. The van der Waals surface area contributed by atoms with Gasteiger partial charge in [0.05, 0.1) is 17.5 Å². The van der Waals surface area contributed by atoms with Crippen molar-refractivity contribution in [2.24, 2.45) is 35.5 Å². The first-order valence-corrected chi connectivity index (χ1v) is 8.88. The second-order valence-electron chi connectivity index (χ2n) is 7.01. The van der Waals surface area contributed by atoms with E-state index in [0.29, 0.717) is 11.8 Å². The highest BCUT2D eigenvalue weighted by atomic mass is 127. The topological polar surface area (TPSA) is 37.4 Å². The lowest BCUT2D eigenvalue weighted by Crippen LogP contribution is -2.43. The van der Waals surface area contributed by atoms with Gasteiger partial charge in [-0.05, 0) is 83.7 Å². The minimum atomic E-state index is -0.0159. The van der Waals surface area contributed by atoms with E-state index in [2.05, 4.69) is 22.6 Å². The second-order valence-corrected chi connectivity index (χ2v) is 8.26. The Labute approximate surface area is 137 Å². The van der Waals surface area contributed by atoms with Crippen LogP contribution in [-0.2, 0) is 9.59 Å². The van der Waals surface area contributed by atoms with Crippen LogP contribution in [0.25, 0.3) is 0 Å². The number of amides is 2. The Balaban J connectivity index is 1.58. The fourth-order valence-corrected chi connectivity index (χ4v) is 5.93. The van der Waals surface area contributed by atoms with Gasteiger partial charge >= 0.3 is 0 Å². The molecule has 1 heterocycles. The van der Waals surface area contributed by atoms with Gasteiger partial charge in [0.2, 0.25) is 11.8 Å². The van der Waals surface area contributed by atoms with Crippen LogP contribution in [0.1, 0.15) is 19.3 Å². The van der Waals surface area contributed by atoms with Gasteiger partial charge in [0.1, 0.15) is 0 Å². The van der Waals surface area contributed by atoms with Crippen LogP contribution < -0.4 is 4.90 Å². The summed E-state index contributed by atoms with van der Waals surface area (Å²) in [5.74, 6) is 2.58. The highest BCUT2D eigenvalue weighted by Crippen LogP contribution is 2.68. The number of anilines is 1. The van der Waals surface area contributed by atoms with Crippen molar-refractivity contribution in [1.82, 2.24) is 0 Å². The average Bonchev–Trinajstić information content (AvgIpc) is 3.24. The van der Waals surface area contributed by atoms with E-state index >= 15 is 0 Å². The third-order valence-electron chi connectivity index (χ3n) is 6.21. The van der Waals surface area contributed by atoms with Crippen LogP contribution in [0.15, 0.2) is 24.3 Å². The number of hydrogen-bond donors (Lipinski definition) is 0. The summed E-state index contributed by atoms with van der Waals surface area (Å²) < 4.78 is 1.06. The lowest BCUT2D eigenvalue weighted by atomic mass is 9.59. The molecule has 6 atom stereocenters. The number of nitrogens with zero attached hydrogens (tertiary/aromatic N) is 1. The summed E-state index contributed by atoms with van der Waals surface area (Å²) in [6, 6.07) is 7.74. The molecule has 0 aromatic heterocycles. The predicted octanol–water partition coefficient (Wildman–Crippen LogP) is 3.07. The normalized spacial score (nSPS) is 43.0. The molecule has 0 unspecified atom stereocenters. The fourth-order valence-electron chi connectivity index (χ4n) is 5.41. The molecule has 2 bridgehead atoms. The molecule has 21 heavy (non-hydrogen) atoms. The van der Waals surface area contributed by atoms with E-state index in [9.17, 15) is 9.59 Å². The van der Waals surface area contributed by atoms with E-state index in [1.807, 2.05) is 24.3 Å². The summed E-state index contributed by atoms with van der Waals surface area (Å²) in [5.41, 5.74) is 0.763. The molecular weight excluding hydrogens is 377 g/mol. The Hall–Kier alpha value is -0.910. The maximum atomic E-state index is 12.9. The number of hydrogen-bond acceptors (Lipinski definition) is 2. The zero-order valence-corrected chi connectivity index (χ0v) is 13.7. The van der Waals surface area contributed by atoms with Gasteiger partial charge in [-0.25, -0.2) is 0 Å². The number of carbonyl (C=O) groups is 2. The second kappa shape index (κ2) is 4.09. The van der Waals surface area contributed by atoms with Crippen molar-refractivity contribution < 1.29 is 9.59 Å². The maximum absolute atomic E-state index is 12.9. The SMILES string of the molecule is O=C1[C@@H]2[C@@H]3CC[C@@H]([C@H]4C[C@H]43)[C@@H]2C(=O)N1c1cccc(I)c1. The first-order chi connectivity index (χ1) is 10.2. The van der Waals surface area contributed by atoms with E-state index in [1.54, 1.807) is 0 Å². The van der Waals surface area contributed by atoms with Gasteiger partial charge in [0, 0.05) is 3.57 Å². The Kier molecular flexibility index (Phi) is 2.46. The summed E-state index contributed by atoms with van der Waals surface area (Å²) in [5, 5.41) is 0. The lowest BCUT2D eigenvalue weighted by Gasteiger charge is -2.42. The van der Waals surface area contributed by atoms with Gasteiger partial charge < -0.3 is 0 Å². The average molecular weight is 393 g/mol. The molecule has 108 valence electrons. The number of fused-ring (bicyclic) bond motifs is 1. The predicted molar refractivity (Wildman–Crippen MR) is 86.4 cm³/mol. The summed E-state index contributed by atoms with van der Waals surface area (Å²) in [4.78, 5) is 27.3. The van der Waals surface area contributed by atoms with Crippen molar-refractivity contribution in [3.8, 4) is 0 Å². The maximum Gasteiger partial charge on any atom is 0.237 e. The van der Waals surface area contributed by atoms with E-state index < -0.39 is 0 Å². The van der Waals surface area contributed by atoms with Crippen molar-refractivity contribution >= 4 is 40.1 Å². The molecule has 2 amide bonds. The van der Waals surface area contributed by atoms with Crippen LogP contribution >= 0.6 is 22.6 Å². The molecule has 1 aliphatic heterocycles. The van der Waals surface area contributed by atoms with E-state index in [4.69, 9.17) is 0 Å². The van der Waals surface area contributed by atoms with Crippen LogP contribution in [0.4, 0.5) is 5.69 Å². The van der Waals surface area contributed by atoms with Gasteiger partial charge in [-0.1, -0.05) is 6.07 Å². The van der Waals surface area contributed by atoms with Gasteiger partial charge in [0.15, 0.2) is 0 Å². The van der Waals surface area contributed by atoms with Gasteiger partial charge in [0.25, 0.3) is 0 Å². The van der Waals surface area contributed by atoms with Gasteiger partial charge in [-0.3, -0.25) is 14.5 Å². The Bertz CT molecular complexity index is 639. The van der Waals surface area contributed by atoms with Crippen LogP contribution in [0.2, 0.25) is 0 Å². The molecule has 1 aromatic rings. The molecule has 3 nitrogen and oxygen atoms in total. The number of imide groups is 1. The third-order valence-corrected chi connectivity index (χ3v) is 6.88. The quantitative estimate of drug-likeness (QED) is 0.543. The first-order valence-electron chi connectivity index (χ1n) is 7.80. The molecular formula is C17H16INO2. The zero-order chi connectivity index (χ0) is 14.3. The standard InChI is InChI=1S/C17H16INO2/c18-8-2-1-3-9(6-8)19-16(20)14-10-4-5-11(13-7-12(10)13)15(14)17(19)21/h1-3,6,10-15H,4-5,7H2/t10-,11+,12+,13-,14-,15+. The Morgan fingerprint density at radius 2 is 1.57 bits per heavy atom. The minimum absolute atomic E-state index is 0.0159. The monoisotopic (exact) mass is 393 g/mol. The van der Waals surface area contributed by atoms with Crippen LogP contribution in [0.3, 0.4) is 0 Å². The Morgan fingerprint density at radius 1 is 0.952 bits per heavy atom. The van der Waals surface area contributed by atoms with Crippen molar-refractivity contribution in [3.05, 3.63) is 27.8 Å². The number of halogens is 1. The van der Waals surface area contributed by atoms with E-state index in [1.165, 1.54) is 11.3 Å². The van der Waals surface area contributed by atoms with E-state index in [0.717, 1.165) is 33.9 Å². The van der Waals surface area contributed by atoms with Gasteiger partial charge in [-0.2, -0.15) is 0 Å². The van der Waals surface area contributed by atoms with Crippen molar-refractivity contribution in [2.75, 3.05) is 4.90 Å². The van der Waals surface area contributed by atoms with Crippen molar-refractivity contribution in [1.29, 1.82) is 0 Å². The largest absolute Gasteiger partial charge is 0.274 e. The Morgan fingerprint density at radius 3 is 2.14 bits per heavy atom. The smallest absolute Gasteiger partial charge is 0.237 e. The molecule has 0 spiro atoms. The summed E-state index contributed by atoms with van der Waals surface area (Å²) in [6.45, 7) is 0. The molecule has 4 heteroatoms. The molecule has 0 radical (unpaired) electrons. The van der Waals surface area contributed by atoms with Gasteiger partial charge in [-0.15, -0.1) is 0 Å².